The molecule has 0 saturated carbocycles. The van der Waals surface area contributed by atoms with Gasteiger partial charge in [-0.15, -0.1) is 11.6 Å². The number of alkyl halides is 1. The molecule has 0 aromatic carbocycles. The predicted octanol–water partition coefficient (Wildman–Crippen LogP) is 14.4. The van der Waals surface area contributed by atoms with Crippen LogP contribution in [0, 0.1) is 0 Å². The Morgan fingerprint density at radius 3 is 0.558 bits per heavy atom. The van der Waals surface area contributed by atoms with Crippen LogP contribution in [0.4, 0.5) is 0 Å². The van der Waals surface area contributed by atoms with Crippen molar-refractivity contribution in [1.29, 1.82) is 0 Å². The Balaban J connectivity index is 3.05. The van der Waals surface area contributed by atoms with Gasteiger partial charge in [0.25, 0.3) is 0 Å². The molecule has 0 fully saturated rings. The molecule has 0 spiro atoms. The van der Waals surface area contributed by atoms with Crippen LogP contribution in [0.2, 0.25) is 0 Å². The zero-order valence-corrected chi connectivity index (χ0v) is 30.6. The SMILES string of the molecule is O=P(O)(O)CCCCCCCCCCCCCCCCCCCCCCCCCCCCCCCCCCCCCCCl. The van der Waals surface area contributed by atoms with Gasteiger partial charge in [-0.1, -0.05) is 218 Å². The van der Waals surface area contributed by atoms with Gasteiger partial charge in [0.15, 0.2) is 0 Å². The maximum Gasteiger partial charge on any atom is 0.325 e. The van der Waals surface area contributed by atoms with Gasteiger partial charge in [0.2, 0.25) is 0 Å². The summed E-state index contributed by atoms with van der Waals surface area (Å²) in [6.07, 6.45) is 49.6. The van der Waals surface area contributed by atoms with Gasteiger partial charge in [0.05, 0.1) is 0 Å². The summed E-state index contributed by atoms with van der Waals surface area (Å²) in [5.74, 6) is 0.839. The molecule has 0 aromatic rings. The molecule has 3 nitrogen and oxygen atoms in total. The molecule has 0 bridgehead atoms. The number of unbranched alkanes of at least 4 members (excludes halogenated alkanes) is 35. The molecule has 43 heavy (non-hydrogen) atoms. The van der Waals surface area contributed by atoms with E-state index in [2.05, 4.69) is 0 Å². The fourth-order valence-corrected chi connectivity index (χ4v) is 7.25. The van der Waals surface area contributed by atoms with E-state index in [-0.39, 0.29) is 6.16 Å². The van der Waals surface area contributed by atoms with Crippen molar-refractivity contribution in [3.8, 4) is 0 Å². The third-order valence-electron chi connectivity index (χ3n) is 9.33. The third-order valence-corrected chi connectivity index (χ3v) is 10.5. The first-order valence-corrected chi connectivity index (χ1v) is 22.0. The molecular weight excluding hydrogens is 571 g/mol. The molecule has 0 heterocycles. The lowest BCUT2D eigenvalue weighted by molar-refractivity contribution is 0.370. The van der Waals surface area contributed by atoms with E-state index in [4.69, 9.17) is 21.4 Å². The molecule has 2 N–H and O–H groups in total. The second-order valence-corrected chi connectivity index (χ2v) is 16.0. The molecule has 0 unspecified atom stereocenters. The minimum absolute atomic E-state index is 0.0608. The van der Waals surface area contributed by atoms with E-state index in [0.29, 0.717) is 6.42 Å². The molecule has 0 radical (unpaired) electrons. The van der Waals surface area contributed by atoms with Crippen LogP contribution in [-0.4, -0.2) is 21.8 Å². The van der Waals surface area contributed by atoms with E-state index in [1.807, 2.05) is 0 Å². The Bertz CT molecular complexity index is 553. The van der Waals surface area contributed by atoms with Crippen LogP contribution >= 0.6 is 19.2 Å². The molecule has 0 aliphatic carbocycles. The Morgan fingerprint density at radius 2 is 0.419 bits per heavy atom. The highest BCUT2D eigenvalue weighted by atomic mass is 35.5. The highest BCUT2D eigenvalue weighted by molar-refractivity contribution is 7.51. The maximum atomic E-state index is 10.8. The van der Waals surface area contributed by atoms with Crippen molar-refractivity contribution in [2.75, 3.05) is 12.0 Å². The minimum atomic E-state index is -3.77. The molecule has 0 aromatic heterocycles. The fraction of sp³-hybridized carbons (Fsp3) is 1.00. The zero-order valence-electron chi connectivity index (χ0n) is 29.0. The smallest absolute Gasteiger partial charge is 0.324 e. The Hall–Kier alpha value is 0.440. The van der Waals surface area contributed by atoms with Gasteiger partial charge in [-0.05, 0) is 12.8 Å². The van der Waals surface area contributed by atoms with Crippen molar-refractivity contribution in [2.24, 2.45) is 0 Å². The summed E-state index contributed by atoms with van der Waals surface area (Å²) in [6, 6.07) is 0. The normalized spacial score (nSPS) is 12.0. The van der Waals surface area contributed by atoms with Gasteiger partial charge in [-0.3, -0.25) is 4.57 Å². The summed E-state index contributed by atoms with van der Waals surface area (Å²) in [7, 11) is -3.77. The second-order valence-electron chi connectivity index (χ2n) is 13.8. The van der Waals surface area contributed by atoms with Crippen LogP contribution in [0.15, 0.2) is 0 Å². The third kappa shape index (κ3) is 42.4. The summed E-state index contributed by atoms with van der Waals surface area (Å²) in [5.41, 5.74) is 0. The standard InChI is InChI=1S/C38H78ClO3P/c39-37-35-33-31-29-27-25-23-21-19-17-15-13-11-9-7-5-3-1-2-4-6-8-10-12-14-16-18-20-22-24-26-28-30-32-34-36-38-43(40,41)42/h1-38H2,(H2,40,41,42). The number of rotatable bonds is 38. The number of hydrogen-bond acceptors (Lipinski definition) is 1. The molecule has 0 atom stereocenters. The minimum Gasteiger partial charge on any atom is -0.324 e. The average molecular weight is 649 g/mol. The van der Waals surface area contributed by atoms with E-state index in [9.17, 15) is 4.57 Å². The first-order valence-electron chi connectivity index (χ1n) is 19.7. The molecule has 5 heteroatoms. The van der Waals surface area contributed by atoms with Gasteiger partial charge in [-0.2, -0.15) is 0 Å². The number of hydrogen-bond donors (Lipinski definition) is 2. The van der Waals surface area contributed by atoms with Gasteiger partial charge in [0.1, 0.15) is 0 Å². The van der Waals surface area contributed by atoms with E-state index in [1.54, 1.807) is 0 Å². The lowest BCUT2D eigenvalue weighted by Gasteiger charge is -2.05. The largest absolute Gasteiger partial charge is 0.325 e. The lowest BCUT2D eigenvalue weighted by Crippen LogP contribution is -1.88. The van der Waals surface area contributed by atoms with Crippen LogP contribution in [-0.2, 0) is 4.57 Å². The lowest BCUT2D eigenvalue weighted by atomic mass is 10.0. The Kier molecular flexibility index (Phi) is 37.3. The van der Waals surface area contributed by atoms with E-state index in [1.165, 1.54) is 212 Å². The Labute approximate surface area is 276 Å². The van der Waals surface area contributed by atoms with Gasteiger partial charge < -0.3 is 9.79 Å². The molecule has 0 saturated heterocycles. The van der Waals surface area contributed by atoms with Crippen LogP contribution in [0.1, 0.15) is 231 Å². The van der Waals surface area contributed by atoms with Crippen molar-refractivity contribution in [1.82, 2.24) is 0 Å². The van der Waals surface area contributed by atoms with E-state index < -0.39 is 7.60 Å². The zero-order chi connectivity index (χ0) is 31.4. The van der Waals surface area contributed by atoms with Crippen molar-refractivity contribution in [3.05, 3.63) is 0 Å². The van der Waals surface area contributed by atoms with Crippen molar-refractivity contribution < 1.29 is 14.4 Å². The van der Waals surface area contributed by atoms with Crippen molar-refractivity contribution in [3.63, 3.8) is 0 Å². The highest BCUT2D eigenvalue weighted by Crippen LogP contribution is 2.35. The van der Waals surface area contributed by atoms with E-state index >= 15 is 0 Å². The second kappa shape index (κ2) is 36.9. The van der Waals surface area contributed by atoms with Crippen LogP contribution in [0.3, 0.4) is 0 Å². The first kappa shape index (κ1) is 43.4. The molecular formula is C38H78ClO3P. The molecule has 0 aliphatic rings. The topological polar surface area (TPSA) is 57.5 Å². The highest BCUT2D eigenvalue weighted by Gasteiger charge is 2.10. The summed E-state index contributed by atoms with van der Waals surface area (Å²) in [4.78, 5) is 17.7. The van der Waals surface area contributed by atoms with Crippen molar-refractivity contribution in [2.45, 2.75) is 231 Å². The molecule has 0 amide bonds. The summed E-state index contributed by atoms with van der Waals surface area (Å²) < 4.78 is 10.8. The quantitative estimate of drug-likeness (QED) is 0.0398. The monoisotopic (exact) mass is 649 g/mol. The van der Waals surface area contributed by atoms with Crippen LogP contribution in [0.5, 0.6) is 0 Å². The van der Waals surface area contributed by atoms with Gasteiger partial charge >= 0.3 is 7.60 Å². The fourth-order valence-electron chi connectivity index (χ4n) is 6.42. The van der Waals surface area contributed by atoms with Crippen LogP contribution in [0.25, 0.3) is 0 Å². The number of halogens is 1. The molecule has 0 aliphatic heterocycles. The summed E-state index contributed by atoms with van der Waals surface area (Å²) in [6.45, 7) is 0. The van der Waals surface area contributed by atoms with E-state index in [0.717, 1.165) is 18.7 Å². The Morgan fingerprint density at radius 1 is 0.279 bits per heavy atom. The van der Waals surface area contributed by atoms with Gasteiger partial charge in [0, 0.05) is 12.0 Å². The van der Waals surface area contributed by atoms with Crippen molar-refractivity contribution >= 4 is 19.2 Å². The predicted molar refractivity (Wildman–Crippen MR) is 194 cm³/mol. The summed E-state index contributed by atoms with van der Waals surface area (Å²) in [5, 5.41) is 0. The average Bonchev–Trinajstić information content (AvgIpc) is 2.98. The molecule has 260 valence electrons. The van der Waals surface area contributed by atoms with Crippen LogP contribution < -0.4 is 0 Å². The molecule has 0 rings (SSSR count). The maximum absolute atomic E-state index is 10.8. The summed E-state index contributed by atoms with van der Waals surface area (Å²) >= 11 is 5.73. The van der Waals surface area contributed by atoms with Gasteiger partial charge in [-0.25, -0.2) is 0 Å². The first-order chi connectivity index (χ1) is 21.1.